The Morgan fingerprint density at radius 3 is 2.57 bits per heavy atom. The van der Waals surface area contributed by atoms with Gasteiger partial charge in [-0.3, -0.25) is 4.79 Å². The van der Waals surface area contributed by atoms with Crippen molar-refractivity contribution in [3.05, 3.63) is 59.2 Å². The van der Waals surface area contributed by atoms with Crippen molar-refractivity contribution < 1.29 is 14.3 Å². The SMILES string of the molecule is CC1Cc2cc3c(cc2CN1C(=O)Cc1ccccc1)OCO3. The molecular weight excluding hydrogens is 290 g/mol. The van der Waals surface area contributed by atoms with Crippen molar-refractivity contribution in [2.24, 2.45) is 0 Å². The van der Waals surface area contributed by atoms with E-state index in [0.717, 1.165) is 29.0 Å². The zero-order valence-corrected chi connectivity index (χ0v) is 13.1. The summed E-state index contributed by atoms with van der Waals surface area (Å²) in [6.45, 7) is 3.03. The lowest BCUT2D eigenvalue weighted by Crippen LogP contribution is -2.43. The average molecular weight is 309 g/mol. The van der Waals surface area contributed by atoms with Crippen LogP contribution in [-0.4, -0.2) is 23.6 Å². The van der Waals surface area contributed by atoms with Gasteiger partial charge in [0.1, 0.15) is 0 Å². The first-order chi connectivity index (χ1) is 11.2. The minimum atomic E-state index is 0.173. The van der Waals surface area contributed by atoms with Crippen molar-refractivity contribution in [1.82, 2.24) is 4.90 Å². The summed E-state index contributed by atoms with van der Waals surface area (Å²) in [5.74, 6) is 1.78. The second kappa shape index (κ2) is 5.61. The summed E-state index contributed by atoms with van der Waals surface area (Å²) in [6, 6.07) is 14.2. The van der Waals surface area contributed by atoms with Crippen LogP contribution in [0.4, 0.5) is 0 Å². The van der Waals surface area contributed by atoms with E-state index in [2.05, 4.69) is 13.0 Å². The van der Waals surface area contributed by atoms with Gasteiger partial charge in [0, 0.05) is 12.6 Å². The van der Waals surface area contributed by atoms with Gasteiger partial charge in [-0.15, -0.1) is 0 Å². The third-order valence-electron chi connectivity index (χ3n) is 4.60. The van der Waals surface area contributed by atoms with Crippen molar-refractivity contribution in [2.75, 3.05) is 6.79 Å². The van der Waals surface area contributed by atoms with Crippen molar-refractivity contribution >= 4 is 5.91 Å². The minimum Gasteiger partial charge on any atom is -0.454 e. The number of ether oxygens (including phenoxy) is 2. The number of benzene rings is 2. The van der Waals surface area contributed by atoms with Crippen LogP contribution in [0, 0.1) is 0 Å². The Bertz CT molecular complexity index is 742. The van der Waals surface area contributed by atoms with Gasteiger partial charge in [0.25, 0.3) is 0 Å². The first kappa shape index (κ1) is 14.1. The molecule has 23 heavy (non-hydrogen) atoms. The van der Waals surface area contributed by atoms with E-state index in [0.29, 0.717) is 13.0 Å². The van der Waals surface area contributed by atoms with Crippen molar-refractivity contribution in [3.8, 4) is 11.5 Å². The molecule has 2 aliphatic rings. The number of nitrogens with zero attached hydrogens (tertiary/aromatic N) is 1. The molecule has 0 saturated heterocycles. The number of hydrogen-bond acceptors (Lipinski definition) is 3. The second-order valence-corrected chi connectivity index (χ2v) is 6.21. The first-order valence-electron chi connectivity index (χ1n) is 7.95. The van der Waals surface area contributed by atoms with E-state index in [-0.39, 0.29) is 18.7 Å². The predicted octanol–water partition coefficient (Wildman–Crippen LogP) is 2.93. The normalized spacial score (nSPS) is 18.7. The van der Waals surface area contributed by atoms with Crippen LogP contribution in [0.3, 0.4) is 0 Å². The predicted molar refractivity (Wildman–Crippen MR) is 86.4 cm³/mol. The Morgan fingerprint density at radius 2 is 1.83 bits per heavy atom. The summed E-state index contributed by atoms with van der Waals surface area (Å²) < 4.78 is 10.9. The number of carbonyl (C=O) groups excluding carboxylic acids is 1. The van der Waals surface area contributed by atoms with E-state index in [4.69, 9.17) is 9.47 Å². The van der Waals surface area contributed by atoms with Crippen molar-refractivity contribution in [3.63, 3.8) is 0 Å². The molecule has 2 aromatic carbocycles. The number of hydrogen-bond donors (Lipinski definition) is 0. The molecule has 4 nitrogen and oxygen atoms in total. The standard InChI is InChI=1S/C19H19NO3/c1-13-7-15-9-17-18(23-12-22-17)10-16(15)11-20(13)19(21)8-14-5-3-2-4-6-14/h2-6,9-10,13H,7-8,11-12H2,1H3. The largest absolute Gasteiger partial charge is 0.454 e. The third kappa shape index (κ3) is 2.65. The Kier molecular flexibility index (Phi) is 3.45. The molecule has 0 aliphatic carbocycles. The fourth-order valence-electron chi connectivity index (χ4n) is 3.34. The Hall–Kier alpha value is -2.49. The van der Waals surface area contributed by atoms with Crippen LogP contribution in [0.25, 0.3) is 0 Å². The fourth-order valence-corrected chi connectivity index (χ4v) is 3.34. The van der Waals surface area contributed by atoms with Crippen molar-refractivity contribution in [1.29, 1.82) is 0 Å². The molecule has 4 heteroatoms. The lowest BCUT2D eigenvalue weighted by molar-refractivity contribution is -0.133. The molecule has 0 N–H and O–H groups in total. The number of carbonyl (C=O) groups is 1. The summed E-state index contributed by atoms with van der Waals surface area (Å²) >= 11 is 0. The summed E-state index contributed by atoms with van der Waals surface area (Å²) in [5.41, 5.74) is 3.47. The average Bonchev–Trinajstić information content (AvgIpc) is 3.00. The molecule has 1 amide bonds. The summed E-state index contributed by atoms with van der Waals surface area (Å²) in [5, 5.41) is 0. The van der Waals surface area contributed by atoms with Gasteiger partial charge in [0.15, 0.2) is 11.5 Å². The van der Waals surface area contributed by atoms with Gasteiger partial charge in [0.05, 0.1) is 6.42 Å². The van der Waals surface area contributed by atoms with E-state index < -0.39 is 0 Å². The van der Waals surface area contributed by atoms with E-state index >= 15 is 0 Å². The van der Waals surface area contributed by atoms with E-state index in [1.807, 2.05) is 41.3 Å². The quantitative estimate of drug-likeness (QED) is 0.856. The molecule has 0 saturated carbocycles. The molecule has 1 atom stereocenters. The van der Waals surface area contributed by atoms with Crippen LogP contribution in [0.15, 0.2) is 42.5 Å². The molecule has 0 bridgehead atoms. The molecule has 118 valence electrons. The van der Waals surface area contributed by atoms with Crippen LogP contribution >= 0.6 is 0 Å². The molecule has 0 fully saturated rings. The molecule has 0 aromatic heterocycles. The third-order valence-corrected chi connectivity index (χ3v) is 4.60. The van der Waals surface area contributed by atoms with Crippen LogP contribution in [0.2, 0.25) is 0 Å². The van der Waals surface area contributed by atoms with Gasteiger partial charge >= 0.3 is 0 Å². The van der Waals surface area contributed by atoms with Gasteiger partial charge in [-0.2, -0.15) is 0 Å². The highest BCUT2D eigenvalue weighted by Gasteiger charge is 2.29. The van der Waals surface area contributed by atoms with Gasteiger partial charge in [0.2, 0.25) is 12.7 Å². The summed E-state index contributed by atoms with van der Waals surface area (Å²) in [4.78, 5) is 14.7. The molecule has 2 aromatic rings. The lowest BCUT2D eigenvalue weighted by Gasteiger charge is -2.35. The first-order valence-corrected chi connectivity index (χ1v) is 7.95. The second-order valence-electron chi connectivity index (χ2n) is 6.21. The number of amides is 1. The Balaban J connectivity index is 1.56. The smallest absolute Gasteiger partial charge is 0.231 e. The monoisotopic (exact) mass is 309 g/mol. The van der Waals surface area contributed by atoms with Gasteiger partial charge < -0.3 is 14.4 Å². The maximum absolute atomic E-state index is 12.7. The highest BCUT2D eigenvalue weighted by atomic mass is 16.7. The van der Waals surface area contributed by atoms with Crippen LogP contribution in [0.5, 0.6) is 11.5 Å². The number of fused-ring (bicyclic) bond motifs is 2. The highest BCUT2D eigenvalue weighted by Crippen LogP contribution is 2.37. The number of rotatable bonds is 2. The Morgan fingerprint density at radius 1 is 1.13 bits per heavy atom. The molecule has 2 aliphatic heterocycles. The molecule has 0 radical (unpaired) electrons. The van der Waals surface area contributed by atoms with E-state index in [1.54, 1.807) is 0 Å². The molecule has 0 spiro atoms. The molecule has 4 rings (SSSR count). The van der Waals surface area contributed by atoms with Crippen LogP contribution in [-0.2, 0) is 24.2 Å². The summed E-state index contributed by atoms with van der Waals surface area (Å²) in [7, 11) is 0. The zero-order valence-electron chi connectivity index (χ0n) is 13.1. The van der Waals surface area contributed by atoms with Gasteiger partial charge in [-0.1, -0.05) is 30.3 Å². The zero-order chi connectivity index (χ0) is 15.8. The molecule has 2 heterocycles. The van der Waals surface area contributed by atoms with Gasteiger partial charge in [-0.25, -0.2) is 0 Å². The van der Waals surface area contributed by atoms with E-state index in [9.17, 15) is 4.79 Å². The van der Waals surface area contributed by atoms with E-state index in [1.165, 1.54) is 5.56 Å². The highest BCUT2D eigenvalue weighted by molar-refractivity contribution is 5.79. The summed E-state index contributed by atoms with van der Waals surface area (Å²) in [6.07, 6.45) is 1.30. The molecular formula is C19H19NO3. The van der Waals surface area contributed by atoms with Gasteiger partial charge in [-0.05, 0) is 42.2 Å². The maximum atomic E-state index is 12.7. The van der Waals surface area contributed by atoms with Crippen LogP contribution in [0.1, 0.15) is 23.6 Å². The molecule has 1 unspecified atom stereocenters. The Labute approximate surface area is 135 Å². The van der Waals surface area contributed by atoms with Crippen molar-refractivity contribution in [2.45, 2.75) is 32.4 Å². The lowest BCUT2D eigenvalue weighted by atomic mass is 9.93. The van der Waals surface area contributed by atoms with Crippen LogP contribution < -0.4 is 9.47 Å². The fraction of sp³-hybridized carbons (Fsp3) is 0.316. The minimum absolute atomic E-state index is 0.173. The topological polar surface area (TPSA) is 38.8 Å². The maximum Gasteiger partial charge on any atom is 0.231 e.